The van der Waals surface area contributed by atoms with Gasteiger partial charge in [0.05, 0.1) is 10.9 Å². The summed E-state index contributed by atoms with van der Waals surface area (Å²) in [6.07, 6.45) is -2.85. The van der Waals surface area contributed by atoms with Gasteiger partial charge < -0.3 is 10.3 Å². The minimum atomic E-state index is -4.35. The van der Waals surface area contributed by atoms with Crippen molar-refractivity contribution in [2.24, 2.45) is 0 Å². The monoisotopic (exact) mass is 279 g/mol. The summed E-state index contributed by atoms with van der Waals surface area (Å²) in [5, 5.41) is 4.10. The number of fused-ring (bicyclic) bond motifs is 1. The summed E-state index contributed by atoms with van der Waals surface area (Å²) in [5.41, 5.74) is 6.45. The molecule has 3 rings (SSSR count). The Morgan fingerprint density at radius 3 is 2.40 bits per heavy atom. The lowest BCUT2D eigenvalue weighted by Crippen LogP contribution is -2.03. The summed E-state index contributed by atoms with van der Waals surface area (Å²) < 4.78 is 42.3. The lowest BCUT2D eigenvalue weighted by molar-refractivity contribution is -0.137. The van der Waals surface area contributed by atoms with Gasteiger partial charge in [-0.25, -0.2) is 4.98 Å². The molecule has 4 nitrogen and oxygen atoms in total. The molecule has 0 aliphatic heterocycles. The van der Waals surface area contributed by atoms with Gasteiger partial charge in [0.2, 0.25) is 0 Å². The minimum Gasteiger partial charge on any atom is -0.380 e. The van der Waals surface area contributed by atoms with E-state index < -0.39 is 11.7 Å². The van der Waals surface area contributed by atoms with Crippen LogP contribution in [0, 0.1) is 0 Å². The molecule has 0 radical (unpaired) electrons. The number of hydrogen-bond donors (Lipinski definition) is 1. The fraction of sp³-hybridized carbons (Fsp3) is 0.0769. The van der Waals surface area contributed by atoms with Gasteiger partial charge in [-0.05, 0) is 23.8 Å². The molecule has 1 aromatic carbocycles. The van der Waals surface area contributed by atoms with Gasteiger partial charge in [0.15, 0.2) is 5.82 Å². The van der Waals surface area contributed by atoms with Crippen LogP contribution >= 0.6 is 0 Å². The van der Waals surface area contributed by atoms with E-state index in [9.17, 15) is 13.2 Å². The first-order valence-electron chi connectivity index (χ1n) is 5.64. The highest BCUT2D eigenvalue weighted by molar-refractivity contribution is 5.87. The van der Waals surface area contributed by atoms with Crippen LogP contribution in [0.25, 0.3) is 22.2 Å². The highest BCUT2D eigenvalue weighted by Crippen LogP contribution is 2.31. The third-order valence-electron chi connectivity index (χ3n) is 2.90. The van der Waals surface area contributed by atoms with Crippen LogP contribution in [0.3, 0.4) is 0 Å². The number of rotatable bonds is 1. The van der Waals surface area contributed by atoms with Crippen molar-refractivity contribution in [3.05, 3.63) is 42.1 Å². The Labute approximate surface area is 111 Å². The fourth-order valence-electron chi connectivity index (χ4n) is 1.86. The van der Waals surface area contributed by atoms with Crippen LogP contribution in [-0.2, 0) is 6.18 Å². The molecule has 0 aliphatic carbocycles. The second kappa shape index (κ2) is 4.22. The quantitative estimate of drug-likeness (QED) is 0.740. The summed E-state index contributed by atoms with van der Waals surface area (Å²) in [5.74, 6) is 0.196. The molecule has 0 saturated heterocycles. The number of aromatic nitrogens is 2. The topological polar surface area (TPSA) is 64.9 Å². The van der Waals surface area contributed by atoms with Crippen LogP contribution in [0.15, 0.2) is 41.1 Å². The van der Waals surface area contributed by atoms with Gasteiger partial charge in [-0.3, -0.25) is 0 Å². The summed E-state index contributed by atoms with van der Waals surface area (Å²) in [6, 6.07) is 6.49. The van der Waals surface area contributed by atoms with E-state index in [0.717, 1.165) is 12.1 Å². The predicted molar refractivity (Wildman–Crippen MR) is 66.7 cm³/mol. The molecule has 0 atom stereocenters. The van der Waals surface area contributed by atoms with Crippen LogP contribution in [0.2, 0.25) is 0 Å². The number of pyridine rings is 1. The summed E-state index contributed by atoms with van der Waals surface area (Å²) in [7, 11) is 0. The van der Waals surface area contributed by atoms with Crippen LogP contribution in [0.5, 0.6) is 0 Å². The number of alkyl halides is 3. The molecule has 20 heavy (non-hydrogen) atoms. The molecule has 0 amide bonds. The van der Waals surface area contributed by atoms with Crippen molar-refractivity contribution in [3.63, 3.8) is 0 Å². The second-order valence-electron chi connectivity index (χ2n) is 4.22. The Morgan fingerprint density at radius 1 is 1.05 bits per heavy atom. The molecule has 2 N–H and O–H groups in total. The Morgan fingerprint density at radius 2 is 1.75 bits per heavy atom. The number of nitrogens with two attached hydrogens (primary N) is 1. The van der Waals surface area contributed by atoms with E-state index in [-0.39, 0.29) is 11.5 Å². The first-order chi connectivity index (χ1) is 9.45. The maximum Gasteiger partial charge on any atom is 0.416 e. The van der Waals surface area contributed by atoms with E-state index in [1.165, 1.54) is 18.3 Å². The molecule has 3 aromatic rings. The van der Waals surface area contributed by atoms with Gasteiger partial charge in [0, 0.05) is 11.8 Å². The Bertz CT molecular complexity index is 763. The van der Waals surface area contributed by atoms with Crippen molar-refractivity contribution in [1.29, 1.82) is 0 Å². The number of hydrogen-bond acceptors (Lipinski definition) is 4. The zero-order valence-corrected chi connectivity index (χ0v) is 9.98. The predicted octanol–water partition coefficient (Wildman–Crippen LogP) is 3.49. The molecular weight excluding hydrogens is 271 g/mol. The number of nitrogen functional groups attached to an aromatic ring is 1. The van der Waals surface area contributed by atoms with Crippen LogP contribution in [0.1, 0.15) is 5.56 Å². The van der Waals surface area contributed by atoms with Crippen LogP contribution in [-0.4, -0.2) is 10.1 Å². The van der Waals surface area contributed by atoms with Gasteiger partial charge in [-0.2, -0.15) is 13.2 Å². The molecular formula is C13H8F3N3O. The largest absolute Gasteiger partial charge is 0.416 e. The standard InChI is InChI=1S/C13H8F3N3O/c14-13(15,16)9-3-1-7(2-4-9)8-5-10-11(17)19-20-12(10)18-6-8/h1-6H,(H2,17,19). The van der Waals surface area contributed by atoms with Gasteiger partial charge in [0.1, 0.15) is 0 Å². The second-order valence-corrected chi connectivity index (χ2v) is 4.22. The molecule has 0 bridgehead atoms. The van der Waals surface area contributed by atoms with Crippen molar-refractivity contribution in [2.75, 3.05) is 5.73 Å². The van der Waals surface area contributed by atoms with E-state index in [1.807, 2.05) is 0 Å². The average Bonchev–Trinajstić information content (AvgIpc) is 2.79. The third-order valence-corrected chi connectivity index (χ3v) is 2.90. The van der Waals surface area contributed by atoms with E-state index in [2.05, 4.69) is 10.1 Å². The zero-order valence-electron chi connectivity index (χ0n) is 9.98. The molecule has 0 saturated carbocycles. The normalized spacial score (nSPS) is 11.9. The van der Waals surface area contributed by atoms with Crippen molar-refractivity contribution in [2.45, 2.75) is 6.18 Å². The lowest BCUT2D eigenvalue weighted by atomic mass is 10.0. The summed E-state index contributed by atoms with van der Waals surface area (Å²) in [4.78, 5) is 4.02. The Hall–Kier alpha value is -2.57. The molecule has 0 unspecified atom stereocenters. The van der Waals surface area contributed by atoms with E-state index in [4.69, 9.17) is 10.3 Å². The number of benzene rings is 1. The van der Waals surface area contributed by atoms with Crippen molar-refractivity contribution in [1.82, 2.24) is 10.1 Å². The summed E-state index contributed by atoms with van der Waals surface area (Å²) in [6.45, 7) is 0. The SMILES string of the molecule is Nc1noc2ncc(-c3ccc(C(F)(F)F)cc3)cc12. The van der Waals surface area contributed by atoms with Crippen LogP contribution in [0.4, 0.5) is 19.0 Å². The first-order valence-corrected chi connectivity index (χ1v) is 5.64. The fourth-order valence-corrected chi connectivity index (χ4v) is 1.86. The molecule has 0 spiro atoms. The van der Waals surface area contributed by atoms with Crippen molar-refractivity contribution < 1.29 is 17.7 Å². The average molecular weight is 279 g/mol. The van der Waals surface area contributed by atoms with Gasteiger partial charge in [-0.1, -0.05) is 17.3 Å². The Kier molecular flexibility index (Phi) is 2.63. The van der Waals surface area contributed by atoms with Crippen molar-refractivity contribution in [3.8, 4) is 11.1 Å². The van der Waals surface area contributed by atoms with Gasteiger partial charge in [0.25, 0.3) is 5.71 Å². The molecule has 2 aromatic heterocycles. The minimum absolute atomic E-state index is 0.196. The Balaban J connectivity index is 2.04. The molecule has 2 heterocycles. The molecule has 0 fully saturated rings. The maximum atomic E-state index is 12.5. The number of halogens is 3. The number of anilines is 1. The third kappa shape index (κ3) is 2.07. The molecule has 7 heteroatoms. The maximum absolute atomic E-state index is 12.5. The van der Waals surface area contributed by atoms with E-state index >= 15 is 0 Å². The zero-order chi connectivity index (χ0) is 14.3. The highest BCUT2D eigenvalue weighted by atomic mass is 19.4. The molecule has 0 aliphatic rings. The molecule has 102 valence electrons. The highest BCUT2D eigenvalue weighted by Gasteiger charge is 2.29. The van der Waals surface area contributed by atoms with E-state index in [0.29, 0.717) is 16.5 Å². The first kappa shape index (κ1) is 12.5. The van der Waals surface area contributed by atoms with Gasteiger partial charge in [-0.15, -0.1) is 0 Å². The summed E-state index contributed by atoms with van der Waals surface area (Å²) >= 11 is 0. The lowest BCUT2D eigenvalue weighted by Gasteiger charge is -2.07. The van der Waals surface area contributed by atoms with Crippen LogP contribution < -0.4 is 5.73 Å². The van der Waals surface area contributed by atoms with Crippen molar-refractivity contribution >= 4 is 16.9 Å². The smallest absolute Gasteiger partial charge is 0.380 e. The van der Waals surface area contributed by atoms with E-state index in [1.54, 1.807) is 6.07 Å². The number of nitrogens with zero attached hydrogens (tertiary/aromatic N) is 2. The van der Waals surface area contributed by atoms with Gasteiger partial charge >= 0.3 is 6.18 Å².